The van der Waals surface area contributed by atoms with Crippen LogP contribution in [0.3, 0.4) is 0 Å². The predicted octanol–water partition coefficient (Wildman–Crippen LogP) is 4.32. The molecule has 1 aromatic heterocycles. The number of allylic oxidation sites excluding steroid dienone is 2. The lowest BCUT2D eigenvalue weighted by Crippen LogP contribution is -2.07. The van der Waals surface area contributed by atoms with Crippen LogP contribution < -0.4 is 0 Å². The Morgan fingerprint density at radius 2 is 1.81 bits per heavy atom. The van der Waals surface area contributed by atoms with Crippen LogP contribution in [0.25, 0.3) is 23.4 Å². The summed E-state index contributed by atoms with van der Waals surface area (Å²) < 4.78 is 6.30. The highest BCUT2D eigenvalue weighted by atomic mass is 16.6. The monoisotopic (exact) mass is 430 g/mol. The minimum atomic E-state index is -0.683. The molecule has 4 rings (SSSR count). The Bertz CT molecular complexity index is 1330. The number of nitro groups is 1. The van der Waals surface area contributed by atoms with Crippen molar-refractivity contribution in [2.45, 2.75) is 6.92 Å². The van der Waals surface area contributed by atoms with Gasteiger partial charge in [-0.1, -0.05) is 30.3 Å². The molecule has 1 heterocycles. The number of fused-ring (bicyclic) bond motifs is 1. The van der Waals surface area contributed by atoms with Gasteiger partial charge in [-0.05, 0) is 42.3 Å². The zero-order valence-corrected chi connectivity index (χ0v) is 17.2. The van der Waals surface area contributed by atoms with Crippen molar-refractivity contribution in [2.75, 3.05) is 7.11 Å². The average molecular weight is 430 g/mol. The summed E-state index contributed by atoms with van der Waals surface area (Å²) >= 11 is 0. The number of ether oxygens (including phenoxy) is 1. The highest BCUT2D eigenvalue weighted by Crippen LogP contribution is 2.37. The predicted molar refractivity (Wildman–Crippen MR) is 119 cm³/mol. The minimum Gasteiger partial charge on any atom is -0.494 e. The third kappa shape index (κ3) is 3.37. The molecule has 0 atom stereocenters. The molecule has 3 aromatic rings. The number of esters is 1. The number of rotatable bonds is 4. The van der Waals surface area contributed by atoms with Crippen LogP contribution in [0, 0.1) is 17.0 Å². The van der Waals surface area contributed by atoms with E-state index in [1.165, 1.54) is 48.1 Å². The summed E-state index contributed by atoms with van der Waals surface area (Å²) in [5.41, 5.74) is 2.73. The second kappa shape index (κ2) is 7.99. The van der Waals surface area contributed by atoms with Gasteiger partial charge in [0.25, 0.3) is 5.69 Å². The fourth-order valence-corrected chi connectivity index (χ4v) is 3.80. The molecule has 0 spiro atoms. The van der Waals surface area contributed by atoms with E-state index in [1.54, 1.807) is 25.1 Å². The summed E-state index contributed by atoms with van der Waals surface area (Å²) in [4.78, 5) is 35.7. The van der Waals surface area contributed by atoms with Crippen molar-refractivity contribution in [3.63, 3.8) is 0 Å². The Balaban J connectivity index is 1.95. The number of carbonyl (C=O) groups is 2. The average Bonchev–Trinajstić information content (AvgIpc) is 3.04. The lowest BCUT2D eigenvalue weighted by atomic mass is 9.90. The highest BCUT2D eigenvalue weighted by Gasteiger charge is 2.27. The van der Waals surface area contributed by atoms with E-state index in [-0.39, 0.29) is 28.5 Å². The van der Waals surface area contributed by atoms with Gasteiger partial charge in [0.05, 0.1) is 23.2 Å². The van der Waals surface area contributed by atoms with Crippen molar-refractivity contribution in [3.05, 3.63) is 92.7 Å². The molecule has 0 aliphatic heterocycles. The third-order valence-corrected chi connectivity index (χ3v) is 5.35. The summed E-state index contributed by atoms with van der Waals surface area (Å²) in [5.74, 6) is -1.24. The van der Waals surface area contributed by atoms with Crippen LogP contribution >= 0.6 is 0 Å². The van der Waals surface area contributed by atoms with E-state index in [1.807, 2.05) is 12.1 Å². The molecule has 1 aliphatic rings. The van der Waals surface area contributed by atoms with E-state index in [9.17, 15) is 24.8 Å². The standard InChI is InChI=1S/C24H18N2O6/c1-14-22(24(29)32-2)20(13-19-18-6-4-3-5-15(18)7-12-21(19)27)23(28)25(14)16-8-10-17(11-9-16)26(30)31/h3-13,28H,1-2H3. The van der Waals surface area contributed by atoms with Crippen molar-refractivity contribution in [1.29, 1.82) is 0 Å². The third-order valence-electron chi connectivity index (χ3n) is 5.35. The molecule has 2 aromatic carbocycles. The van der Waals surface area contributed by atoms with Crippen LogP contribution in [-0.4, -0.2) is 33.5 Å². The molecule has 0 bridgehead atoms. The molecule has 0 fully saturated rings. The van der Waals surface area contributed by atoms with Gasteiger partial charge in [0.1, 0.15) is 0 Å². The summed E-state index contributed by atoms with van der Waals surface area (Å²) in [6.45, 7) is 1.62. The second-order valence-electron chi connectivity index (χ2n) is 7.14. The van der Waals surface area contributed by atoms with Crippen LogP contribution in [0.4, 0.5) is 5.69 Å². The Labute approximate surface area is 182 Å². The van der Waals surface area contributed by atoms with Crippen LogP contribution in [0.15, 0.2) is 54.6 Å². The minimum absolute atomic E-state index is 0.0932. The molecule has 0 saturated heterocycles. The van der Waals surface area contributed by atoms with Gasteiger partial charge in [0.15, 0.2) is 5.78 Å². The Morgan fingerprint density at radius 1 is 1.12 bits per heavy atom. The van der Waals surface area contributed by atoms with E-state index in [4.69, 9.17) is 4.74 Å². The molecule has 32 heavy (non-hydrogen) atoms. The normalized spacial score (nSPS) is 13.8. The zero-order valence-electron chi connectivity index (χ0n) is 17.2. The molecule has 1 aliphatic carbocycles. The van der Waals surface area contributed by atoms with Crippen molar-refractivity contribution in [1.82, 2.24) is 4.57 Å². The maximum Gasteiger partial charge on any atom is 0.340 e. The summed E-state index contributed by atoms with van der Waals surface area (Å²) in [5, 5.41) is 22.0. The van der Waals surface area contributed by atoms with Crippen molar-refractivity contribution < 1.29 is 24.4 Å². The summed E-state index contributed by atoms with van der Waals surface area (Å²) in [6, 6.07) is 12.8. The number of methoxy groups -OCH3 is 1. The Morgan fingerprint density at radius 3 is 2.47 bits per heavy atom. The molecule has 1 N–H and O–H groups in total. The molecule has 0 saturated carbocycles. The molecular weight excluding hydrogens is 412 g/mol. The molecule has 0 unspecified atom stereocenters. The highest BCUT2D eigenvalue weighted by molar-refractivity contribution is 6.33. The molecule has 0 radical (unpaired) electrons. The Hall–Kier alpha value is -4.46. The van der Waals surface area contributed by atoms with E-state index in [0.29, 0.717) is 22.5 Å². The van der Waals surface area contributed by atoms with Crippen molar-refractivity contribution in [2.24, 2.45) is 0 Å². The number of hydrogen-bond acceptors (Lipinski definition) is 6. The summed E-state index contributed by atoms with van der Waals surface area (Å²) in [6.07, 6.45) is 4.62. The first-order chi connectivity index (χ1) is 15.3. The number of ketones is 1. The molecule has 160 valence electrons. The van der Waals surface area contributed by atoms with E-state index < -0.39 is 10.9 Å². The summed E-state index contributed by atoms with van der Waals surface area (Å²) in [7, 11) is 1.22. The van der Waals surface area contributed by atoms with Gasteiger partial charge in [0.2, 0.25) is 5.88 Å². The van der Waals surface area contributed by atoms with Crippen LogP contribution in [0.1, 0.15) is 32.7 Å². The quantitative estimate of drug-likeness (QED) is 0.286. The van der Waals surface area contributed by atoms with Gasteiger partial charge < -0.3 is 9.84 Å². The number of nitro benzene ring substituents is 1. The topological polar surface area (TPSA) is 112 Å². The van der Waals surface area contributed by atoms with Crippen LogP contribution in [0.2, 0.25) is 0 Å². The van der Waals surface area contributed by atoms with Gasteiger partial charge in [-0.15, -0.1) is 0 Å². The first-order valence-electron chi connectivity index (χ1n) is 9.64. The second-order valence-corrected chi connectivity index (χ2v) is 7.14. The fraction of sp³-hybridized carbons (Fsp3) is 0.0833. The van der Waals surface area contributed by atoms with E-state index in [0.717, 1.165) is 5.56 Å². The molecule has 8 nitrogen and oxygen atoms in total. The van der Waals surface area contributed by atoms with Crippen LogP contribution in [-0.2, 0) is 9.53 Å². The number of aromatic hydroxyl groups is 1. The van der Waals surface area contributed by atoms with Gasteiger partial charge in [-0.2, -0.15) is 0 Å². The number of benzene rings is 2. The van der Waals surface area contributed by atoms with E-state index >= 15 is 0 Å². The number of nitrogens with zero attached hydrogens (tertiary/aromatic N) is 2. The first-order valence-corrected chi connectivity index (χ1v) is 9.64. The molecular formula is C24H18N2O6. The first kappa shape index (κ1) is 20.8. The lowest BCUT2D eigenvalue weighted by Gasteiger charge is -2.13. The number of non-ortho nitro benzene ring substituents is 1. The van der Waals surface area contributed by atoms with Gasteiger partial charge in [0, 0.05) is 29.1 Å². The maximum atomic E-state index is 12.7. The number of carbonyl (C=O) groups excluding carboxylic acids is 2. The number of hydrogen-bond donors (Lipinski definition) is 1. The van der Waals surface area contributed by atoms with Crippen molar-refractivity contribution >= 4 is 35.2 Å². The zero-order chi connectivity index (χ0) is 23.0. The number of aromatic nitrogens is 1. The largest absolute Gasteiger partial charge is 0.494 e. The smallest absolute Gasteiger partial charge is 0.340 e. The SMILES string of the molecule is COC(=O)c1c(C=C2C(=O)C=Cc3ccccc32)c(O)n(-c2ccc([N+](=O)[O-])cc2)c1C. The van der Waals surface area contributed by atoms with Gasteiger partial charge >= 0.3 is 5.97 Å². The van der Waals surface area contributed by atoms with Crippen LogP contribution in [0.5, 0.6) is 5.88 Å². The van der Waals surface area contributed by atoms with Gasteiger partial charge in [-0.3, -0.25) is 19.5 Å². The van der Waals surface area contributed by atoms with E-state index in [2.05, 4.69) is 0 Å². The fourth-order valence-electron chi connectivity index (χ4n) is 3.80. The maximum absolute atomic E-state index is 12.7. The van der Waals surface area contributed by atoms with Crippen molar-refractivity contribution in [3.8, 4) is 11.6 Å². The molecule has 8 heteroatoms. The Kier molecular flexibility index (Phi) is 5.19. The lowest BCUT2D eigenvalue weighted by molar-refractivity contribution is -0.384. The van der Waals surface area contributed by atoms with Gasteiger partial charge in [-0.25, -0.2) is 4.79 Å². The molecule has 0 amide bonds.